The fraction of sp³-hybridized carbons (Fsp3) is 0.455. The predicted octanol–water partition coefficient (Wildman–Crippen LogP) is 0.892. The van der Waals surface area contributed by atoms with Crippen molar-refractivity contribution in [3.8, 4) is 0 Å². The molecule has 6 heteroatoms. The van der Waals surface area contributed by atoms with Crippen molar-refractivity contribution in [3.63, 3.8) is 0 Å². The topological polar surface area (TPSA) is 81.4 Å². The number of rotatable bonds is 6. The van der Waals surface area contributed by atoms with Gasteiger partial charge in [0.25, 0.3) is 0 Å². The van der Waals surface area contributed by atoms with Crippen LogP contribution in [0.15, 0.2) is 23.1 Å². The van der Waals surface area contributed by atoms with E-state index in [2.05, 4.69) is 4.72 Å². The molecule has 0 aliphatic heterocycles. The molecule has 0 saturated heterocycles. The molecule has 0 atom stereocenters. The van der Waals surface area contributed by atoms with Crippen LogP contribution < -0.4 is 10.5 Å². The Morgan fingerprint density at radius 1 is 1.41 bits per heavy atom. The van der Waals surface area contributed by atoms with Crippen LogP contribution in [-0.4, -0.2) is 28.2 Å². The molecule has 0 aliphatic carbocycles. The van der Waals surface area contributed by atoms with E-state index in [1.807, 2.05) is 6.92 Å². The second-order valence-corrected chi connectivity index (χ2v) is 5.36. The fourth-order valence-corrected chi connectivity index (χ4v) is 2.68. The van der Waals surface area contributed by atoms with E-state index in [0.717, 1.165) is 0 Å². The summed E-state index contributed by atoms with van der Waals surface area (Å²) in [5.41, 5.74) is 6.76. The average molecular weight is 258 g/mol. The molecule has 0 fully saturated rings. The molecule has 0 spiro atoms. The lowest BCUT2D eigenvalue weighted by Crippen LogP contribution is -2.28. The van der Waals surface area contributed by atoms with E-state index in [-0.39, 0.29) is 11.4 Å². The molecule has 0 heterocycles. The standard InChI is InChI=1S/C11H18N2O3S/c1-3-16-7-6-13-17(14,15)11-5-4-10(12)8-9(11)2/h4-5,8,13H,3,6-7,12H2,1-2H3. The van der Waals surface area contributed by atoms with Gasteiger partial charge in [0.15, 0.2) is 0 Å². The first-order valence-electron chi connectivity index (χ1n) is 5.41. The van der Waals surface area contributed by atoms with Gasteiger partial charge in [-0.3, -0.25) is 0 Å². The Labute approximate surface area is 102 Å². The Balaban J connectivity index is 2.76. The van der Waals surface area contributed by atoms with E-state index >= 15 is 0 Å². The second-order valence-electron chi connectivity index (χ2n) is 3.62. The highest BCUT2D eigenvalue weighted by molar-refractivity contribution is 7.89. The predicted molar refractivity (Wildman–Crippen MR) is 67.3 cm³/mol. The van der Waals surface area contributed by atoms with Gasteiger partial charge in [0.2, 0.25) is 10.0 Å². The van der Waals surface area contributed by atoms with Gasteiger partial charge < -0.3 is 10.5 Å². The molecule has 3 N–H and O–H groups in total. The first-order chi connectivity index (χ1) is 7.97. The van der Waals surface area contributed by atoms with Gasteiger partial charge in [-0.1, -0.05) is 0 Å². The number of sulfonamides is 1. The molecule has 0 radical (unpaired) electrons. The van der Waals surface area contributed by atoms with Gasteiger partial charge in [-0.15, -0.1) is 0 Å². The number of nitrogen functional groups attached to an aromatic ring is 1. The number of nitrogens with two attached hydrogens (primary N) is 1. The van der Waals surface area contributed by atoms with Gasteiger partial charge in [0.1, 0.15) is 0 Å². The van der Waals surface area contributed by atoms with E-state index in [0.29, 0.717) is 24.5 Å². The molecule has 1 aromatic carbocycles. The third kappa shape index (κ3) is 3.99. The highest BCUT2D eigenvalue weighted by Gasteiger charge is 2.15. The van der Waals surface area contributed by atoms with Crippen LogP contribution in [0.2, 0.25) is 0 Å². The number of anilines is 1. The van der Waals surface area contributed by atoms with Gasteiger partial charge in [-0.25, -0.2) is 13.1 Å². The number of aryl methyl sites for hydroxylation is 1. The second kappa shape index (κ2) is 6.00. The summed E-state index contributed by atoms with van der Waals surface area (Å²) in [4.78, 5) is 0.253. The zero-order valence-corrected chi connectivity index (χ0v) is 10.9. The Morgan fingerprint density at radius 3 is 2.71 bits per heavy atom. The maximum absolute atomic E-state index is 11.9. The zero-order chi connectivity index (χ0) is 12.9. The minimum Gasteiger partial charge on any atom is -0.399 e. The Hall–Kier alpha value is -1.11. The normalized spacial score (nSPS) is 11.6. The molecule has 0 bridgehead atoms. The number of ether oxygens (including phenoxy) is 1. The largest absolute Gasteiger partial charge is 0.399 e. The van der Waals surface area contributed by atoms with Crippen molar-refractivity contribution >= 4 is 15.7 Å². The third-order valence-corrected chi connectivity index (χ3v) is 3.85. The van der Waals surface area contributed by atoms with Crippen molar-refractivity contribution in [1.82, 2.24) is 4.72 Å². The zero-order valence-electron chi connectivity index (χ0n) is 10.1. The lowest BCUT2D eigenvalue weighted by molar-refractivity contribution is 0.153. The van der Waals surface area contributed by atoms with Gasteiger partial charge in [0.05, 0.1) is 11.5 Å². The maximum atomic E-state index is 11.9. The number of benzene rings is 1. The summed E-state index contributed by atoms with van der Waals surface area (Å²) < 4.78 is 31.4. The van der Waals surface area contributed by atoms with Crippen LogP contribution in [0.5, 0.6) is 0 Å². The molecule has 0 saturated carbocycles. The van der Waals surface area contributed by atoms with Crippen molar-refractivity contribution in [1.29, 1.82) is 0 Å². The monoisotopic (exact) mass is 258 g/mol. The molecule has 0 aliphatic rings. The molecule has 0 unspecified atom stereocenters. The summed E-state index contributed by atoms with van der Waals surface area (Å²) in [6.45, 7) is 4.78. The van der Waals surface area contributed by atoms with Crippen LogP contribution in [0, 0.1) is 6.92 Å². The van der Waals surface area contributed by atoms with Crippen molar-refractivity contribution in [2.24, 2.45) is 0 Å². The van der Waals surface area contributed by atoms with E-state index in [1.165, 1.54) is 6.07 Å². The Morgan fingerprint density at radius 2 is 2.12 bits per heavy atom. The average Bonchev–Trinajstić information content (AvgIpc) is 2.24. The molecule has 5 nitrogen and oxygen atoms in total. The number of nitrogens with one attached hydrogen (secondary N) is 1. The Bertz CT molecular complexity index is 472. The summed E-state index contributed by atoms with van der Waals surface area (Å²) in [6.07, 6.45) is 0. The van der Waals surface area contributed by atoms with E-state index < -0.39 is 10.0 Å². The first kappa shape index (κ1) is 14.0. The summed E-state index contributed by atoms with van der Waals surface area (Å²) in [5, 5.41) is 0. The summed E-state index contributed by atoms with van der Waals surface area (Å²) in [5.74, 6) is 0. The lowest BCUT2D eigenvalue weighted by atomic mass is 10.2. The van der Waals surface area contributed by atoms with Gasteiger partial charge >= 0.3 is 0 Å². The van der Waals surface area contributed by atoms with Crippen molar-refractivity contribution in [2.75, 3.05) is 25.5 Å². The number of hydrogen-bond donors (Lipinski definition) is 2. The summed E-state index contributed by atoms with van der Waals surface area (Å²) in [7, 11) is -3.47. The quantitative estimate of drug-likeness (QED) is 0.586. The fourth-order valence-electron chi connectivity index (χ4n) is 1.44. The molecule has 1 rings (SSSR count). The first-order valence-corrected chi connectivity index (χ1v) is 6.89. The molecule has 1 aromatic rings. The molecule has 17 heavy (non-hydrogen) atoms. The van der Waals surface area contributed by atoms with Crippen molar-refractivity contribution in [3.05, 3.63) is 23.8 Å². The minimum atomic E-state index is -3.47. The minimum absolute atomic E-state index is 0.253. The van der Waals surface area contributed by atoms with E-state index in [4.69, 9.17) is 10.5 Å². The number of hydrogen-bond acceptors (Lipinski definition) is 4. The van der Waals surface area contributed by atoms with E-state index in [9.17, 15) is 8.42 Å². The lowest BCUT2D eigenvalue weighted by Gasteiger charge is -2.09. The van der Waals surface area contributed by atoms with Gasteiger partial charge in [-0.2, -0.15) is 0 Å². The smallest absolute Gasteiger partial charge is 0.240 e. The molecule has 96 valence electrons. The molecule has 0 aromatic heterocycles. The van der Waals surface area contributed by atoms with Crippen LogP contribution in [0.1, 0.15) is 12.5 Å². The van der Waals surface area contributed by atoms with E-state index in [1.54, 1.807) is 19.1 Å². The highest BCUT2D eigenvalue weighted by atomic mass is 32.2. The SMILES string of the molecule is CCOCCNS(=O)(=O)c1ccc(N)cc1C. The molecular weight excluding hydrogens is 240 g/mol. The third-order valence-electron chi connectivity index (χ3n) is 2.23. The summed E-state index contributed by atoms with van der Waals surface area (Å²) >= 11 is 0. The highest BCUT2D eigenvalue weighted by Crippen LogP contribution is 2.17. The molecule has 0 amide bonds. The van der Waals surface area contributed by atoms with Gasteiger partial charge in [-0.05, 0) is 37.6 Å². The van der Waals surface area contributed by atoms with Crippen molar-refractivity contribution in [2.45, 2.75) is 18.7 Å². The summed E-state index contributed by atoms with van der Waals surface area (Å²) in [6, 6.07) is 4.72. The van der Waals surface area contributed by atoms with Crippen LogP contribution in [-0.2, 0) is 14.8 Å². The Kier molecular flexibility index (Phi) is 4.92. The van der Waals surface area contributed by atoms with Crippen LogP contribution in [0.25, 0.3) is 0 Å². The van der Waals surface area contributed by atoms with Crippen LogP contribution >= 0.6 is 0 Å². The molecular formula is C11H18N2O3S. The maximum Gasteiger partial charge on any atom is 0.240 e. The van der Waals surface area contributed by atoms with Gasteiger partial charge in [0, 0.05) is 18.8 Å². The van der Waals surface area contributed by atoms with Crippen molar-refractivity contribution < 1.29 is 13.2 Å². The van der Waals surface area contributed by atoms with Crippen LogP contribution in [0.3, 0.4) is 0 Å². The van der Waals surface area contributed by atoms with Crippen LogP contribution in [0.4, 0.5) is 5.69 Å².